The number of hydrogen-bond donors (Lipinski definition) is 0. The summed E-state index contributed by atoms with van der Waals surface area (Å²) in [5.41, 5.74) is 13.9. The first-order valence-corrected chi connectivity index (χ1v) is 21.9. The number of carbonyl (C=O) groups excluding carboxylic acids is 1. The van der Waals surface area contributed by atoms with Crippen LogP contribution in [0.5, 0.6) is 5.75 Å². The quantitative estimate of drug-likeness (QED) is 0.0826. The third-order valence-electron chi connectivity index (χ3n) is 11.9. The van der Waals surface area contributed by atoms with Crippen LogP contribution in [0.1, 0.15) is 6.92 Å². The van der Waals surface area contributed by atoms with Gasteiger partial charge in [-0.05, 0) is 125 Å². The highest BCUT2D eigenvalue weighted by molar-refractivity contribution is 7.26. The van der Waals surface area contributed by atoms with E-state index >= 15 is 0 Å². The van der Waals surface area contributed by atoms with Crippen LogP contribution in [0.25, 0.3) is 81.0 Å². The molecule has 0 amide bonds. The van der Waals surface area contributed by atoms with Gasteiger partial charge in [-0.1, -0.05) is 134 Å². The van der Waals surface area contributed by atoms with Crippen molar-refractivity contribution in [3.05, 3.63) is 224 Å². The summed E-state index contributed by atoms with van der Waals surface area (Å²) in [5.74, 6) is 0.0579. The SMILES string of the molecule is C=C(C)C(=O)Oc1ccc(-c2ccc(N(c3ccc(-c4ccc5c(c4)c4ccccc4n5-c4ccccc4)cc3)c3ccc(-c4cccc5c4sc4ccccc45)cc3)cc2)cc1. The Balaban J connectivity index is 0.958. The molecule has 0 N–H and O–H groups in total. The number of anilines is 3. The monoisotopic (exact) mass is 828 g/mol. The van der Waals surface area contributed by atoms with Crippen molar-refractivity contribution in [1.82, 2.24) is 4.57 Å². The molecule has 0 unspecified atom stereocenters. The summed E-state index contributed by atoms with van der Waals surface area (Å²) < 4.78 is 10.4. The van der Waals surface area contributed by atoms with E-state index in [1.165, 1.54) is 58.7 Å². The fraction of sp³-hybridized carbons (Fsp3) is 0.0172. The van der Waals surface area contributed by atoms with Gasteiger partial charge in [-0.15, -0.1) is 11.3 Å². The molecule has 0 aliphatic rings. The van der Waals surface area contributed by atoms with E-state index in [0.717, 1.165) is 39.4 Å². The van der Waals surface area contributed by atoms with Crippen molar-refractivity contribution < 1.29 is 9.53 Å². The molecule has 11 aromatic rings. The highest BCUT2D eigenvalue weighted by Crippen LogP contribution is 2.42. The van der Waals surface area contributed by atoms with E-state index in [1.54, 1.807) is 6.92 Å². The van der Waals surface area contributed by atoms with Crippen molar-refractivity contribution in [3.8, 4) is 44.8 Å². The van der Waals surface area contributed by atoms with Gasteiger partial charge in [0.2, 0.25) is 0 Å². The summed E-state index contributed by atoms with van der Waals surface area (Å²) in [4.78, 5) is 14.4. The minimum atomic E-state index is -0.432. The molecular weight excluding hydrogens is 789 g/mol. The first kappa shape index (κ1) is 38.0. The Morgan fingerprint density at radius 1 is 0.492 bits per heavy atom. The molecule has 0 fully saturated rings. The van der Waals surface area contributed by atoms with E-state index in [1.807, 2.05) is 35.6 Å². The van der Waals surface area contributed by atoms with Gasteiger partial charge in [0.05, 0.1) is 11.0 Å². The normalized spacial score (nSPS) is 11.4. The molecule has 63 heavy (non-hydrogen) atoms. The molecule has 0 aliphatic carbocycles. The van der Waals surface area contributed by atoms with Crippen molar-refractivity contribution in [2.24, 2.45) is 0 Å². The zero-order chi connectivity index (χ0) is 42.4. The Morgan fingerprint density at radius 2 is 1.02 bits per heavy atom. The molecular formula is C58H40N2O2S. The second kappa shape index (κ2) is 15.8. The number of rotatable bonds is 9. The van der Waals surface area contributed by atoms with E-state index in [-0.39, 0.29) is 0 Å². The number of thiophene rings is 1. The van der Waals surface area contributed by atoms with E-state index < -0.39 is 5.97 Å². The van der Waals surface area contributed by atoms with Crippen LogP contribution in [0.15, 0.2) is 224 Å². The average Bonchev–Trinajstić information content (AvgIpc) is 3.89. The second-order valence-corrected chi connectivity index (χ2v) is 16.9. The lowest BCUT2D eigenvalue weighted by Gasteiger charge is -2.26. The van der Waals surface area contributed by atoms with Crippen LogP contribution in [0.4, 0.5) is 17.1 Å². The number of fused-ring (bicyclic) bond motifs is 6. The largest absolute Gasteiger partial charge is 0.423 e. The predicted molar refractivity (Wildman–Crippen MR) is 265 cm³/mol. The maximum absolute atomic E-state index is 12.1. The molecule has 0 saturated carbocycles. The average molecular weight is 829 g/mol. The van der Waals surface area contributed by atoms with Gasteiger partial charge in [-0.2, -0.15) is 0 Å². The summed E-state index contributed by atoms with van der Waals surface area (Å²) in [5, 5.41) is 5.06. The number of hydrogen-bond acceptors (Lipinski definition) is 4. The minimum Gasteiger partial charge on any atom is -0.423 e. The molecule has 2 heterocycles. The Bertz CT molecular complexity index is 3490. The van der Waals surface area contributed by atoms with Gasteiger partial charge in [0.15, 0.2) is 0 Å². The molecule has 11 rings (SSSR count). The molecule has 0 atom stereocenters. The summed E-state index contributed by atoms with van der Waals surface area (Å²) in [7, 11) is 0. The summed E-state index contributed by atoms with van der Waals surface area (Å²) in [6, 6.07) is 75.4. The molecule has 0 saturated heterocycles. The maximum atomic E-state index is 12.1. The molecule has 300 valence electrons. The molecule has 0 bridgehead atoms. The Labute approximate surface area is 369 Å². The van der Waals surface area contributed by atoms with Crippen LogP contribution in [0.2, 0.25) is 0 Å². The van der Waals surface area contributed by atoms with E-state index in [0.29, 0.717) is 11.3 Å². The fourth-order valence-electron chi connectivity index (χ4n) is 8.73. The Kier molecular flexibility index (Phi) is 9.52. The van der Waals surface area contributed by atoms with E-state index in [2.05, 4.69) is 204 Å². The molecule has 2 aromatic heterocycles. The molecule has 5 heteroatoms. The second-order valence-electron chi connectivity index (χ2n) is 15.9. The molecule has 0 radical (unpaired) electrons. The maximum Gasteiger partial charge on any atom is 0.338 e. The zero-order valence-electron chi connectivity index (χ0n) is 34.5. The van der Waals surface area contributed by atoms with E-state index in [9.17, 15) is 4.79 Å². The summed E-state index contributed by atoms with van der Waals surface area (Å²) in [6.45, 7) is 5.33. The number of aromatic nitrogens is 1. The van der Waals surface area contributed by atoms with Crippen molar-refractivity contribution in [2.75, 3.05) is 4.90 Å². The number of para-hydroxylation sites is 2. The number of ether oxygens (including phenoxy) is 1. The van der Waals surface area contributed by atoms with Gasteiger partial charge >= 0.3 is 5.97 Å². The lowest BCUT2D eigenvalue weighted by atomic mass is 10.0. The lowest BCUT2D eigenvalue weighted by molar-refractivity contribution is -0.130. The summed E-state index contributed by atoms with van der Waals surface area (Å²) >= 11 is 1.85. The fourth-order valence-corrected chi connectivity index (χ4v) is 9.97. The van der Waals surface area contributed by atoms with Gasteiger partial charge in [-0.25, -0.2) is 4.79 Å². The third kappa shape index (κ3) is 6.95. The topological polar surface area (TPSA) is 34.5 Å². The van der Waals surface area contributed by atoms with Crippen molar-refractivity contribution in [1.29, 1.82) is 0 Å². The number of benzene rings is 9. The highest BCUT2D eigenvalue weighted by Gasteiger charge is 2.17. The van der Waals surface area contributed by atoms with Gasteiger partial charge in [-0.3, -0.25) is 0 Å². The first-order valence-electron chi connectivity index (χ1n) is 21.0. The minimum absolute atomic E-state index is 0.363. The van der Waals surface area contributed by atoms with Crippen LogP contribution in [-0.2, 0) is 4.79 Å². The van der Waals surface area contributed by atoms with Crippen LogP contribution in [-0.4, -0.2) is 10.5 Å². The highest BCUT2D eigenvalue weighted by atomic mass is 32.1. The first-order chi connectivity index (χ1) is 31.0. The molecule has 4 nitrogen and oxygen atoms in total. The molecule has 9 aromatic carbocycles. The van der Waals surface area contributed by atoms with Crippen LogP contribution < -0.4 is 9.64 Å². The molecule has 0 aliphatic heterocycles. The molecule has 0 spiro atoms. The van der Waals surface area contributed by atoms with Crippen LogP contribution in [0, 0.1) is 0 Å². The smallest absolute Gasteiger partial charge is 0.338 e. The van der Waals surface area contributed by atoms with Gasteiger partial charge in [0, 0.05) is 59.3 Å². The van der Waals surface area contributed by atoms with Crippen molar-refractivity contribution >= 4 is 76.3 Å². The number of carbonyl (C=O) groups is 1. The third-order valence-corrected chi connectivity index (χ3v) is 13.1. The number of esters is 1. The number of nitrogens with zero attached hydrogens (tertiary/aromatic N) is 2. The Hall–Kier alpha value is -7.99. The Morgan fingerprint density at radius 3 is 1.68 bits per heavy atom. The lowest BCUT2D eigenvalue weighted by Crippen LogP contribution is -2.09. The van der Waals surface area contributed by atoms with Crippen LogP contribution in [0.3, 0.4) is 0 Å². The van der Waals surface area contributed by atoms with Gasteiger partial charge in [0.1, 0.15) is 5.75 Å². The van der Waals surface area contributed by atoms with Crippen molar-refractivity contribution in [2.45, 2.75) is 6.92 Å². The van der Waals surface area contributed by atoms with Crippen molar-refractivity contribution in [3.63, 3.8) is 0 Å². The zero-order valence-corrected chi connectivity index (χ0v) is 35.4. The van der Waals surface area contributed by atoms with Gasteiger partial charge < -0.3 is 14.2 Å². The predicted octanol–water partition coefficient (Wildman–Crippen LogP) is 16.1. The van der Waals surface area contributed by atoms with E-state index in [4.69, 9.17) is 4.74 Å². The van der Waals surface area contributed by atoms with Gasteiger partial charge in [0.25, 0.3) is 0 Å². The standard InChI is InChI=1S/C58H40N2O2S/c1-38(2)58(61)62-48-34-25-40(26-35-48)39-19-28-45(29-20-39)59(47-32-23-42(24-33-47)49-15-10-16-52-51-14-7-9-18-56(51)63-57(49)52)46-30-21-41(22-31-46)43-27-36-55-53(37-43)50-13-6-8-17-54(50)60(55)44-11-4-3-5-12-44/h3-37H,1H2,2H3. The van der Waals surface area contributed by atoms with Crippen LogP contribution >= 0.6 is 11.3 Å². The summed E-state index contributed by atoms with van der Waals surface area (Å²) in [6.07, 6.45) is 0.